The number of carbonyl (C=O) groups is 2. The first-order valence-corrected chi connectivity index (χ1v) is 8.32. The van der Waals surface area contributed by atoms with Crippen LogP contribution in [-0.2, 0) is 14.3 Å². The van der Waals surface area contributed by atoms with Gasteiger partial charge in [-0.15, -0.1) is 0 Å². The Morgan fingerprint density at radius 3 is 2.86 bits per heavy atom. The second kappa shape index (κ2) is 10.3. The zero-order chi connectivity index (χ0) is 16.4. The third-order valence-electron chi connectivity index (χ3n) is 3.94. The van der Waals surface area contributed by atoms with Crippen LogP contribution in [0.15, 0.2) is 24.3 Å². The predicted molar refractivity (Wildman–Crippen MR) is 86.3 cm³/mol. The second-order valence-corrected chi connectivity index (χ2v) is 5.74. The van der Waals surface area contributed by atoms with E-state index >= 15 is 0 Å². The van der Waals surface area contributed by atoms with E-state index < -0.39 is 6.10 Å². The molecule has 0 aromatic rings. The summed E-state index contributed by atoms with van der Waals surface area (Å²) in [6, 6.07) is 0. The van der Waals surface area contributed by atoms with Crippen molar-refractivity contribution < 1.29 is 19.4 Å². The number of esters is 1. The number of aliphatic hydroxyl groups excluding tert-OH is 1. The van der Waals surface area contributed by atoms with Gasteiger partial charge in [0.1, 0.15) is 0 Å². The topological polar surface area (TPSA) is 63.6 Å². The molecule has 0 amide bonds. The Kier molecular flexibility index (Phi) is 8.75. The van der Waals surface area contributed by atoms with Crippen molar-refractivity contribution in [3.8, 4) is 0 Å². The monoisotopic (exact) mass is 308 g/mol. The Morgan fingerprint density at radius 1 is 1.41 bits per heavy atom. The van der Waals surface area contributed by atoms with Gasteiger partial charge in [-0.25, -0.2) is 0 Å². The van der Waals surface area contributed by atoms with Gasteiger partial charge in [0.15, 0.2) is 5.78 Å². The van der Waals surface area contributed by atoms with E-state index in [1.54, 1.807) is 19.1 Å². The van der Waals surface area contributed by atoms with Crippen molar-refractivity contribution in [2.75, 3.05) is 6.61 Å². The van der Waals surface area contributed by atoms with Gasteiger partial charge in [0, 0.05) is 18.3 Å². The lowest BCUT2D eigenvalue weighted by molar-refractivity contribution is -0.143. The molecule has 1 aliphatic carbocycles. The first-order valence-electron chi connectivity index (χ1n) is 8.32. The number of ether oxygens (including phenoxy) is 1. The molecule has 22 heavy (non-hydrogen) atoms. The molecule has 0 aromatic heterocycles. The molecule has 0 saturated carbocycles. The molecule has 4 heteroatoms. The van der Waals surface area contributed by atoms with Crippen molar-refractivity contribution in [1.82, 2.24) is 0 Å². The van der Waals surface area contributed by atoms with Crippen molar-refractivity contribution in [2.45, 2.75) is 58.5 Å². The smallest absolute Gasteiger partial charge is 0.305 e. The number of hydrogen-bond acceptors (Lipinski definition) is 4. The normalized spacial score (nSPS) is 22.4. The fourth-order valence-corrected chi connectivity index (χ4v) is 2.65. The standard InChI is InChI=1S/C18H28O4/c1-3-5-6-7-15(19)10-8-14-9-12-17(20)16(14)11-13-18(21)22-4-2/h8-10,12,14-16,19H,3-7,11,13H2,1-2H3/t14-,15?,16-/m0/s1. The molecule has 1 N–H and O–H groups in total. The highest BCUT2D eigenvalue weighted by Gasteiger charge is 2.28. The Morgan fingerprint density at radius 2 is 2.18 bits per heavy atom. The van der Waals surface area contributed by atoms with Gasteiger partial charge in [-0.2, -0.15) is 0 Å². The van der Waals surface area contributed by atoms with Gasteiger partial charge < -0.3 is 9.84 Å². The first kappa shape index (κ1) is 18.6. The van der Waals surface area contributed by atoms with E-state index in [1.165, 1.54) is 0 Å². The molecule has 1 rings (SSSR count). The van der Waals surface area contributed by atoms with Crippen molar-refractivity contribution in [3.05, 3.63) is 24.3 Å². The summed E-state index contributed by atoms with van der Waals surface area (Å²) in [5, 5.41) is 9.91. The number of allylic oxidation sites excluding steroid dienone is 3. The minimum Gasteiger partial charge on any atom is -0.466 e. The highest BCUT2D eigenvalue weighted by Crippen LogP contribution is 2.28. The molecule has 1 aliphatic rings. The van der Waals surface area contributed by atoms with Crippen LogP contribution in [0.3, 0.4) is 0 Å². The number of ketones is 1. The summed E-state index contributed by atoms with van der Waals surface area (Å²) < 4.78 is 4.90. The molecular formula is C18H28O4. The average Bonchev–Trinajstić information content (AvgIpc) is 2.84. The molecule has 0 aromatic carbocycles. The second-order valence-electron chi connectivity index (χ2n) is 5.74. The molecule has 0 aliphatic heterocycles. The fraction of sp³-hybridized carbons (Fsp3) is 0.667. The van der Waals surface area contributed by atoms with Crippen LogP contribution in [0.1, 0.15) is 52.4 Å². The molecule has 0 heterocycles. The largest absolute Gasteiger partial charge is 0.466 e. The molecule has 3 atom stereocenters. The molecule has 1 unspecified atom stereocenters. The van der Waals surface area contributed by atoms with Crippen LogP contribution in [0.5, 0.6) is 0 Å². The van der Waals surface area contributed by atoms with E-state index in [0.717, 1.165) is 25.7 Å². The van der Waals surface area contributed by atoms with Gasteiger partial charge in [-0.1, -0.05) is 44.4 Å². The van der Waals surface area contributed by atoms with E-state index in [1.807, 2.05) is 12.2 Å². The summed E-state index contributed by atoms with van der Waals surface area (Å²) >= 11 is 0. The van der Waals surface area contributed by atoms with E-state index in [2.05, 4.69) is 6.92 Å². The lowest BCUT2D eigenvalue weighted by atomic mass is 9.89. The van der Waals surface area contributed by atoms with Gasteiger partial charge in [-0.3, -0.25) is 9.59 Å². The van der Waals surface area contributed by atoms with Gasteiger partial charge >= 0.3 is 5.97 Å². The maximum atomic E-state index is 11.9. The van der Waals surface area contributed by atoms with E-state index in [0.29, 0.717) is 13.0 Å². The summed E-state index contributed by atoms with van der Waals surface area (Å²) in [5.74, 6) is -0.435. The van der Waals surface area contributed by atoms with Crippen LogP contribution in [0.25, 0.3) is 0 Å². The first-order chi connectivity index (χ1) is 10.6. The third-order valence-corrected chi connectivity index (χ3v) is 3.94. The Hall–Kier alpha value is -1.42. The fourth-order valence-electron chi connectivity index (χ4n) is 2.65. The Balaban J connectivity index is 2.44. The minimum atomic E-state index is -0.457. The van der Waals surface area contributed by atoms with E-state index in [-0.39, 0.29) is 30.0 Å². The highest BCUT2D eigenvalue weighted by atomic mass is 16.5. The maximum absolute atomic E-state index is 11.9. The van der Waals surface area contributed by atoms with Gasteiger partial charge in [-0.05, 0) is 25.8 Å². The molecular weight excluding hydrogens is 280 g/mol. The Bertz CT molecular complexity index is 411. The minimum absolute atomic E-state index is 0.0252. The van der Waals surface area contributed by atoms with Crippen molar-refractivity contribution in [2.24, 2.45) is 11.8 Å². The average molecular weight is 308 g/mol. The number of unbranched alkanes of at least 4 members (excludes halogenated alkanes) is 2. The number of rotatable bonds is 10. The summed E-state index contributed by atoms with van der Waals surface area (Å²) in [4.78, 5) is 23.3. The molecule has 0 radical (unpaired) electrons. The van der Waals surface area contributed by atoms with E-state index in [4.69, 9.17) is 4.74 Å². The highest BCUT2D eigenvalue weighted by molar-refractivity contribution is 5.95. The van der Waals surface area contributed by atoms with Crippen molar-refractivity contribution >= 4 is 11.8 Å². The molecule has 0 bridgehead atoms. The van der Waals surface area contributed by atoms with Gasteiger partial charge in [0.25, 0.3) is 0 Å². The third kappa shape index (κ3) is 6.56. The van der Waals surface area contributed by atoms with Crippen LogP contribution < -0.4 is 0 Å². The molecule has 0 saturated heterocycles. The number of carbonyl (C=O) groups excluding carboxylic acids is 2. The summed E-state index contributed by atoms with van der Waals surface area (Å²) in [7, 11) is 0. The number of hydrogen-bond donors (Lipinski definition) is 1. The summed E-state index contributed by atoms with van der Waals surface area (Å²) in [5.41, 5.74) is 0. The zero-order valence-corrected chi connectivity index (χ0v) is 13.7. The van der Waals surface area contributed by atoms with Crippen LogP contribution in [0.2, 0.25) is 0 Å². The predicted octanol–water partition coefficient (Wildman–Crippen LogP) is 3.20. The van der Waals surface area contributed by atoms with Crippen LogP contribution in [0.4, 0.5) is 0 Å². The lowest BCUT2D eigenvalue weighted by Gasteiger charge is -2.15. The van der Waals surface area contributed by atoms with Crippen LogP contribution in [0, 0.1) is 11.8 Å². The van der Waals surface area contributed by atoms with E-state index in [9.17, 15) is 14.7 Å². The zero-order valence-electron chi connectivity index (χ0n) is 13.7. The van der Waals surface area contributed by atoms with Gasteiger partial charge in [0.05, 0.1) is 12.7 Å². The van der Waals surface area contributed by atoms with Crippen molar-refractivity contribution in [3.63, 3.8) is 0 Å². The van der Waals surface area contributed by atoms with Crippen molar-refractivity contribution in [1.29, 1.82) is 0 Å². The Labute approximate surface area is 133 Å². The number of aliphatic hydroxyl groups is 1. The molecule has 0 fully saturated rings. The lowest BCUT2D eigenvalue weighted by Crippen LogP contribution is -2.17. The quantitative estimate of drug-likeness (QED) is 0.382. The summed E-state index contributed by atoms with van der Waals surface area (Å²) in [6.45, 7) is 4.26. The maximum Gasteiger partial charge on any atom is 0.305 e. The molecule has 0 spiro atoms. The summed E-state index contributed by atoms with van der Waals surface area (Å²) in [6.07, 6.45) is 11.4. The van der Waals surface area contributed by atoms with Crippen LogP contribution >= 0.6 is 0 Å². The molecule has 4 nitrogen and oxygen atoms in total. The molecule has 124 valence electrons. The SMILES string of the molecule is CCCCCC(O)C=C[C@H]1C=CC(=O)[C@H]1CCC(=O)OCC. The van der Waals surface area contributed by atoms with Crippen LogP contribution in [-0.4, -0.2) is 29.6 Å². The van der Waals surface area contributed by atoms with Gasteiger partial charge in [0.2, 0.25) is 0 Å².